The van der Waals surface area contributed by atoms with Crippen LogP contribution in [0.1, 0.15) is 35.2 Å². The Morgan fingerprint density at radius 3 is 3.11 bits per heavy atom. The van der Waals surface area contributed by atoms with Crippen LogP contribution < -0.4 is 16.4 Å². The van der Waals surface area contributed by atoms with E-state index in [1.54, 1.807) is 6.07 Å². The predicted octanol–water partition coefficient (Wildman–Crippen LogP) is 1.02. The first-order valence-corrected chi connectivity index (χ1v) is 6.58. The van der Waals surface area contributed by atoms with E-state index in [1.807, 2.05) is 18.2 Å². The van der Waals surface area contributed by atoms with Crippen LogP contribution in [-0.2, 0) is 6.54 Å². The van der Waals surface area contributed by atoms with Gasteiger partial charge < -0.3 is 16.4 Å². The third kappa shape index (κ3) is 3.82. The van der Waals surface area contributed by atoms with Crippen LogP contribution in [0.15, 0.2) is 24.3 Å². The first kappa shape index (κ1) is 13.1. The number of primary amides is 1. The molecule has 1 aromatic rings. The summed E-state index contributed by atoms with van der Waals surface area (Å²) in [5.74, 6) is -0.365. The van der Waals surface area contributed by atoms with E-state index in [1.165, 1.54) is 12.8 Å². The Balaban J connectivity index is 1.88. The molecule has 98 valence electrons. The molecule has 0 aliphatic carbocycles. The van der Waals surface area contributed by atoms with Crippen LogP contribution in [0.25, 0.3) is 0 Å². The van der Waals surface area contributed by atoms with Gasteiger partial charge in [-0.1, -0.05) is 12.1 Å². The van der Waals surface area contributed by atoms with Crippen LogP contribution in [0, 0.1) is 0 Å². The van der Waals surface area contributed by atoms with Crippen LogP contribution in [0.4, 0.5) is 0 Å². The SMILES string of the molecule is NC(=O)c1cccc(CNC2CCCNCC2)c1. The van der Waals surface area contributed by atoms with Gasteiger partial charge in [0.25, 0.3) is 0 Å². The molecule has 1 unspecified atom stereocenters. The summed E-state index contributed by atoms with van der Waals surface area (Å²) >= 11 is 0. The fourth-order valence-corrected chi connectivity index (χ4v) is 2.32. The molecule has 1 amide bonds. The van der Waals surface area contributed by atoms with Crippen molar-refractivity contribution in [2.75, 3.05) is 13.1 Å². The van der Waals surface area contributed by atoms with Gasteiger partial charge in [-0.15, -0.1) is 0 Å². The number of rotatable bonds is 4. The normalized spacial score (nSPS) is 20.3. The number of nitrogens with one attached hydrogen (secondary N) is 2. The maximum absolute atomic E-state index is 11.1. The second-order valence-corrected chi connectivity index (χ2v) is 4.82. The lowest BCUT2D eigenvalue weighted by molar-refractivity contribution is 0.1000. The highest BCUT2D eigenvalue weighted by atomic mass is 16.1. The average molecular weight is 247 g/mol. The van der Waals surface area contributed by atoms with Crippen molar-refractivity contribution < 1.29 is 4.79 Å². The van der Waals surface area contributed by atoms with Crippen molar-refractivity contribution in [1.82, 2.24) is 10.6 Å². The first-order chi connectivity index (χ1) is 8.75. The van der Waals surface area contributed by atoms with E-state index < -0.39 is 0 Å². The van der Waals surface area contributed by atoms with Gasteiger partial charge in [-0.2, -0.15) is 0 Å². The minimum absolute atomic E-state index is 0.365. The smallest absolute Gasteiger partial charge is 0.248 e. The van der Waals surface area contributed by atoms with Crippen LogP contribution in [0.5, 0.6) is 0 Å². The molecule has 1 heterocycles. The summed E-state index contributed by atoms with van der Waals surface area (Å²) in [6.07, 6.45) is 3.59. The van der Waals surface area contributed by atoms with E-state index in [4.69, 9.17) is 5.73 Å². The topological polar surface area (TPSA) is 67.2 Å². The van der Waals surface area contributed by atoms with Crippen LogP contribution in [0.3, 0.4) is 0 Å². The first-order valence-electron chi connectivity index (χ1n) is 6.58. The molecule has 1 saturated heterocycles. The Hall–Kier alpha value is -1.39. The Kier molecular flexibility index (Phi) is 4.73. The van der Waals surface area contributed by atoms with Crippen molar-refractivity contribution >= 4 is 5.91 Å². The van der Waals surface area contributed by atoms with Crippen molar-refractivity contribution in [3.05, 3.63) is 35.4 Å². The highest BCUT2D eigenvalue weighted by Gasteiger charge is 2.11. The molecule has 4 nitrogen and oxygen atoms in total. The van der Waals surface area contributed by atoms with Crippen molar-refractivity contribution in [3.63, 3.8) is 0 Å². The number of nitrogens with two attached hydrogens (primary N) is 1. The molecule has 0 radical (unpaired) electrons. The average Bonchev–Trinajstić information content (AvgIpc) is 2.65. The maximum atomic E-state index is 11.1. The van der Waals surface area contributed by atoms with Crippen molar-refractivity contribution in [2.24, 2.45) is 5.73 Å². The second kappa shape index (κ2) is 6.52. The van der Waals surface area contributed by atoms with Gasteiger partial charge in [0.2, 0.25) is 5.91 Å². The monoisotopic (exact) mass is 247 g/mol. The Morgan fingerprint density at radius 1 is 1.39 bits per heavy atom. The lowest BCUT2D eigenvalue weighted by Gasteiger charge is -2.16. The maximum Gasteiger partial charge on any atom is 0.248 e. The summed E-state index contributed by atoms with van der Waals surface area (Å²) in [6, 6.07) is 8.09. The van der Waals surface area contributed by atoms with E-state index in [-0.39, 0.29) is 5.91 Å². The third-order valence-corrected chi connectivity index (χ3v) is 3.38. The molecule has 0 spiro atoms. The zero-order valence-corrected chi connectivity index (χ0v) is 10.6. The highest BCUT2D eigenvalue weighted by Crippen LogP contribution is 2.08. The summed E-state index contributed by atoms with van der Waals surface area (Å²) in [5.41, 5.74) is 6.97. The predicted molar refractivity (Wildman–Crippen MR) is 72.3 cm³/mol. The fourth-order valence-electron chi connectivity index (χ4n) is 2.32. The molecule has 1 atom stereocenters. The largest absolute Gasteiger partial charge is 0.366 e. The highest BCUT2D eigenvalue weighted by molar-refractivity contribution is 5.92. The summed E-state index contributed by atoms with van der Waals surface area (Å²) in [5, 5.41) is 6.95. The van der Waals surface area contributed by atoms with E-state index in [0.29, 0.717) is 11.6 Å². The van der Waals surface area contributed by atoms with Gasteiger partial charge in [0.05, 0.1) is 0 Å². The molecule has 0 aromatic heterocycles. The van der Waals surface area contributed by atoms with Gasteiger partial charge in [-0.05, 0) is 50.0 Å². The standard InChI is InChI=1S/C14H21N3O/c15-14(18)12-4-1-3-11(9-12)10-17-13-5-2-7-16-8-6-13/h1,3-4,9,13,16-17H,2,5-8,10H2,(H2,15,18). The quantitative estimate of drug-likeness (QED) is 0.744. The molecule has 1 aliphatic rings. The Labute approximate surface area is 108 Å². The van der Waals surface area contributed by atoms with Crippen molar-refractivity contribution in [2.45, 2.75) is 31.8 Å². The number of hydrogen-bond donors (Lipinski definition) is 3. The van der Waals surface area contributed by atoms with Gasteiger partial charge in [0, 0.05) is 18.2 Å². The van der Waals surface area contributed by atoms with Gasteiger partial charge in [0.15, 0.2) is 0 Å². The lowest BCUT2D eigenvalue weighted by atomic mass is 10.1. The van der Waals surface area contributed by atoms with E-state index in [0.717, 1.165) is 31.6 Å². The van der Waals surface area contributed by atoms with E-state index in [2.05, 4.69) is 10.6 Å². The van der Waals surface area contributed by atoms with Crippen LogP contribution in [-0.4, -0.2) is 25.0 Å². The molecule has 1 aliphatic heterocycles. The number of carbonyl (C=O) groups is 1. The number of hydrogen-bond acceptors (Lipinski definition) is 3. The fraction of sp³-hybridized carbons (Fsp3) is 0.500. The molecule has 4 heteroatoms. The molecule has 18 heavy (non-hydrogen) atoms. The number of amides is 1. The van der Waals surface area contributed by atoms with Crippen molar-refractivity contribution in [3.8, 4) is 0 Å². The van der Waals surface area contributed by atoms with Gasteiger partial charge in [-0.25, -0.2) is 0 Å². The third-order valence-electron chi connectivity index (χ3n) is 3.38. The molecular weight excluding hydrogens is 226 g/mol. The lowest BCUT2D eigenvalue weighted by Crippen LogP contribution is -2.29. The van der Waals surface area contributed by atoms with Gasteiger partial charge >= 0.3 is 0 Å². The summed E-state index contributed by atoms with van der Waals surface area (Å²) in [6.45, 7) is 3.00. The molecule has 0 bridgehead atoms. The summed E-state index contributed by atoms with van der Waals surface area (Å²) in [4.78, 5) is 11.1. The molecule has 1 fully saturated rings. The molecule has 2 rings (SSSR count). The Bertz CT molecular complexity index is 398. The summed E-state index contributed by atoms with van der Waals surface area (Å²) in [7, 11) is 0. The zero-order valence-electron chi connectivity index (χ0n) is 10.6. The van der Waals surface area contributed by atoms with Crippen LogP contribution in [0.2, 0.25) is 0 Å². The minimum atomic E-state index is -0.365. The summed E-state index contributed by atoms with van der Waals surface area (Å²) < 4.78 is 0. The Morgan fingerprint density at radius 2 is 2.28 bits per heavy atom. The molecule has 0 saturated carbocycles. The van der Waals surface area contributed by atoms with Gasteiger partial charge in [0.1, 0.15) is 0 Å². The second-order valence-electron chi connectivity index (χ2n) is 4.82. The van der Waals surface area contributed by atoms with E-state index in [9.17, 15) is 4.79 Å². The number of carbonyl (C=O) groups excluding carboxylic acids is 1. The molecular formula is C14H21N3O. The van der Waals surface area contributed by atoms with Crippen LogP contribution >= 0.6 is 0 Å². The van der Waals surface area contributed by atoms with E-state index >= 15 is 0 Å². The zero-order chi connectivity index (χ0) is 12.8. The van der Waals surface area contributed by atoms with Crippen molar-refractivity contribution in [1.29, 1.82) is 0 Å². The molecule has 1 aromatic carbocycles. The molecule has 4 N–H and O–H groups in total. The number of benzene rings is 1. The minimum Gasteiger partial charge on any atom is -0.366 e. The van der Waals surface area contributed by atoms with Gasteiger partial charge in [-0.3, -0.25) is 4.79 Å².